The van der Waals surface area contributed by atoms with Gasteiger partial charge in [-0.3, -0.25) is 14.4 Å². The van der Waals surface area contributed by atoms with Crippen LogP contribution in [0.2, 0.25) is 0 Å². The first-order valence-electron chi connectivity index (χ1n) is 7.36. The van der Waals surface area contributed by atoms with E-state index in [4.69, 9.17) is 0 Å². The van der Waals surface area contributed by atoms with E-state index >= 15 is 0 Å². The molecule has 0 saturated carbocycles. The summed E-state index contributed by atoms with van der Waals surface area (Å²) in [6, 6.07) is 5.88. The maximum Gasteiger partial charge on any atom is 0.254 e. The van der Waals surface area contributed by atoms with Gasteiger partial charge in [-0.05, 0) is 18.2 Å². The van der Waals surface area contributed by atoms with Gasteiger partial charge in [0.15, 0.2) is 0 Å². The lowest BCUT2D eigenvalue weighted by Gasteiger charge is -2.34. The van der Waals surface area contributed by atoms with Gasteiger partial charge in [0.1, 0.15) is 5.82 Å². The van der Waals surface area contributed by atoms with Crippen molar-refractivity contribution in [2.24, 2.45) is 7.05 Å². The highest BCUT2D eigenvalue weighted by atomic mass is 19.1. The fourth-order valence-corrected chi connectivity index (χ4v) is 2.72. The van der Waals surface area contributed by atoms with Crippen molar-refractivity contribution in [1.82, 2.24) is 19.6 Å². The Morgan fingerprint density at radius 2 is 2.05 bits per heavy atom. The van der Waals surface area contributed by atoms with Crippen LogP contribution < -0.4 is 0 Å². The van der Waals surface area contributed by atoms with E-state index in [-0.39, 0.29) is 11.7 Å². The average Bonchev–Trinajstić information content (AvgIpc) is 2.92. The fourth-order valence-electron chi connectivity index (χ4n) is 2.72. The number of aryl methyl sites for hydroxylation is 1. The van der Waals surface area contributed by atoms with Crippen molar-refractivity contribution in [1.29, 1.82) is 0 Å². The number of amides is 1. The predicted octanol–water partition coefficient (Wildman–Crippen LogP) is 1.52. The topological polar surface area (TPSA) is 41.4 Å². The van der Waals surface area contributed by atoms with Gasteiger partial charge in [-0.1, -0.05) is 6.07 Å². The van der Waals surface area contributed by atoms with Gasteiger partial charge in [0, 0.05) is 57.1 Å². The van der Waals surface area contributed by atoms with Crippen molar-refractivity contribution in [3.63, 3.8) is 0 Å². The molecule has 0 spiro atoms. The standard InChI is InChI=1S/C16H19FN4O/c1-19-11-13(10-18-19)12-20-5-7-21(8-6-20)16(22)14-3-2-4-15(17)9-14/h2-4,9-11H,5-8,12H2,1H3. The number of aromatic nitrogens is 2. The van der Waals surface area contributed by atoms with Crippen LogP contribution >= 0.6 is 0 Å². The third-order valence-electron chi connectivity index (χ3n) is 3.90. The second-order valence-electron chi connectivity index (χ2n) is 5.60. The summed E-state index contributed by atoms with van der Waals surface area (Å²) in [7, 11) is 1.90. The molecule has 0 aliphatic carbocycles. The van der Waals surface area contributed by atoms with E-state index in [1.54, 1.807) is 21.7 Å². The van der Waals surface area contributed by atoms with Crippen molar-refractivity contribution in [2.75, 3.05) is 26.2 Å². The summed E-state index contributed by atoms with van der Waals surface area (Å²) < 4.78 is 15.0. The monoisotopic (exact) mass is 302 g/mol. The molecule has 0 N–H and O–H groups in total. The molecule has 2 heterocycles. The Bertz CT molecular complexity index is 662. The maximum atomic E-state index is 13.2. The average molecular weight is 302 g/mol. The highest BCUT2D eigenvalue weighted by molar-refractivity contribution is 5.94. The van der Waals surface area contributed by atoms with Crippen LogP contribution in [0.1, 0.15) is 15.9 Å². The highest BCUT2D eigenvalue weighted by Gasteiger charge is 2.22. The quantitative estimate of drug-likeness (QED) is 0.863. The van der Waals surface area contributed by atoms with Crippen molar-refractivity contribution < 1.29 is 9.18 Å². The first-order chi connectivity index (χ1) is 10.6. The lowest BCUT2D eigenvalue weighted by Crippen LogP contribution is -2.48. The Labute approximate surface area is 128 Å². The fraction of sp³-hybridized carbons (Fsp3) is 0.375. The summed E-state index contributed by atoms with van der Waals surface area (Å²) in [6.07, 6.45) is 3.87. The van der Waals surface area contributed by atoms with E-state index in [0.717, 1.165) is 19.6 Å². The van der Waals surface area contributed by atoms with Crippen LogP contribution in [0.4, 0.5) is 4.39 Å². The zero-order valence-electron chi connectivity index (χ0n) is 12.6. The van der Waals surface area contributed by atoms with Gasteiger partial charge >= 0.3 is 0 Å². The molecule has 0 radical (unpaired) electrons. The Balaban J connectivity index is 1.56. The lowest BCUT2D eigenvalue weighted by molar-refractivity contribution is 0.0628. The Hall–Kier alpha value is -2.21. The molecule has 1 amide bonds. The van der Waals surface area contributed by atoms with Gasteiger partial charge in [-0.15, -0.1) is 0 Å². The molecule has 0 atom stereocenters. The van der Waals surface area contributed by atoms with Crippen molar-refractivity contribution in [3.05, 3.63) is 53.6 Å². The zero-order valence-corrected chi connectivity index (χ0v) is 12.6. The van der Waals surface area contributed by atoms with E-state index in [1.807, 2.05) is 19.4 Å². The molecule has 5 nitrogen and oxygen atoms in total. The summed E-state index contributed by atoms with van der Waals surface area (Å²) in [5.74, 6) is -0.471. The number of nitrogens with zero attached hydrogens (tertiary/aromatic N) is 4. The highest BCUT2D eigenvalue weighted by Crippen LogP contribution is 2.12. The smallest absolute Gasteiger partial charge is 0.254 e. The summed E-state index contributed by atoms with van der Waals surface area (Å²) in [5.41, 5.74) is 1.59. The number of carbonyl (C=O) groups is 1. The van der Waals surface area contributed by atoms with Gasteiger partial charge < -0.3 is 4.90 Å². The molecule has 1 aliphatic rings. The second kappa shape index (κ2) is 6.27. The van der Waals surface area contributed by atoms with Gasteiger partial charge in [0.05, 0.1) is 6.20 Å². The molecule has 1 aromatic heterocycles. The van der Waals surface area contributed by atoms with Crippen LogP contribution in [0.3, 0.4) is 0 Å². The van der Waals surface area contributed by atoms with E-state index in [9.17, 15) is 9.18 Å². The largest absolute Gasteiger partial charge is 0.336 e. The molecular weight excluding hydrogens is 283 g/mol. The van der Waals surface area contributed by atoms with Gasteiger partial charge in [0.25, 0.3) is 5.91 Å². The molecule has 3 rings (SSSR count). The predicted molar refractivity (Wildman–Crippen MR) is 80.8 cm³/mol. The van der Waals surface area contributed by atoms with E-state index < -0.39 is 0 Å². The number of rotatable bonds is 3. The van der Waals surface area contributed by atoms with Crippen molar-refractivity contribution in [2.45, 2.75) is 6.54 Å². The summed E-state index contributed by atoms with van der Waals surface area (Å²) in [5, 5.41) is 4.16. The molecule has 2 aromatic rings. The summed E-state index contributed by atoms with van der Waals surface area (Å²) in [6.45, 7) is 3.80. The number of benzene rings is 1. The molecule has 116 valence electrons. The Morgan fingerprint density at radius 3 is 2.68 bits per heavy atom. The Kier molecular flexibility index (Phi) is 4.20. The number of halogens is 1. The molecule has 1 saturated heterocycles. The van der Waals surface area contributed by atoms with Crippen LogP contribution in [0.25, 0.3) is 0 Å². The number of hydrogen-bond acceptors (Lipinski definition) is 3. The summed E-state index contributed by atoms with van der Waals surface area (Å²) >= 11 is 0. The lowest BCUT2D eigenvalue weighted by atomic mass is 10.1. The van der Waals surface area contributed by atoms with Gasteiger partial charge in [0.2, 0.25) is 0 Å². The van der Waals surface area contributed by atoms with Crippen molar-refractivity contribution in [3.8, 4) is 0 Å². The first kappa shape index (κ1) is 14.7. The Morgan fingerprint density at radius 1 is 1.27 bits per heavy atom. The molecule has 1 aliphatic heterocycles. The number of carbonyl (C=O) groups excluding carboxylic acids is 1. The normalized spacial score (nSPS) is 16.0. The molecule has 22 heavy (non-hydrogen) atoms. The molecular formula is C16H19FN4O. The molecule has 1 fully saturated rings. The van der Waals surface area contributed by atoms with Crippen LogP contribution in [0.15, 0.2) is 36.7 Å². The van der Waals surface area contributed by atoms with E-state index in [1.165, 1.54) is 17.7 Å². The van der Waals surface area contributed by atoms with Crippen LogP contribution in [-0.2, 0) is 13.6 Å². The second-order valence-corrected chi connectivity index (χ2v) is 5.60. The maximum absolute atomic E-state index is 13.2. The molecule has 0 bridgehead atoms. The first-order valence-corrected chi connectivity index (χ1v) is 7.36. The van der Waals surface area contributed by atoms with Crippen LogP contribution in [-0.4, -0.2) is 51.7 Å². The molecule has 0 unspecified atom stereocenters. The number of piperazine rings is 1. The third kappa shape index (κ3) is 3.33. The van der Waals surface area contributed by atoms with Crippen LogP contribution in [0.5, 0.6) is 0 Å². The third-order valence-corrected chi connectivity index (χ3v) is 3.90. The van der Waals surface area contributed by atoms with Gasteiger partial charge in [-0.25, -0.2) is 4.39 Å². The van der Waals surface area contributed by atoms with Crippen molar-refractivity contribution >= 4 is 5.91 Å². The van der Waals surface area contributed by atoms with Crippen LogP contribution in [0, 0.1) is 5.82 Å². The molecule has 1 aromatic carbocycles. The minimum absolute atomic E-state index is 0.0967. The number of hydrogen-bond donors (Lipinski definition) is 0. The van der Waals surface area contributed by atoms with E-state index in [0.29, 0.717) is 18.7 Å². The zero-order chi connectivity index (χ0) is 15.5. The minimum atomic E-state index is -0.374. The molecule has 6 heteroatoms. The SMILES string of the molecule is Cn1cc(CN2CCN(C(=O)c3cccc(F)c3)CC2)cn1. The summed E-state index contributed by atoms with van der Waals surface area (Å²) in [4.78, 5) is 16.4. The minimum Gasteiger partial charge on any atom is -0.336 e. The van der Waals surface area contributed by atoms with E-state index in [2.05, 4.69) is 10.00 Å². The van der Waals surface area contributed by atoms with Gasteiger partial charge in [-0.2, -0.15) is 5.10 Å².